The molecule has 4 nitrogen and oxygen atoms in total. The Morgan fingerprint density at radius 2 is 2.07 bits per heavy atom. The lowest BCUT2D eigenvalue weighted by Gasteiger charge is -2.17. The number of rotatable bonds is 3. The molecule has 5 heteroatoms. The Balaban J connectivity index is 2.29. The van der Waals surface area contributed by atoms with Crippen molar-refractivity contribution in [3.05, 3.63) is 30.1 Å². The Morgan fingerprint density at radius 1 is 1.40 bits per heavy atom. The fourth-order valence-corrected chi connectivity index (χ4v) is 1.39. The molecule has 15 heavy (non-hydrogen) atoms. The van der Waals surface area contributed by atoms with E-state index in [9.17, 15) is 4.39 Å². The molecule has 0 heterocycles. The Hall–Kier alpha value is -1.78. The molecule has 1 aliphatic rings. The minimum absolute atomic E-state index is 0.138. The molecule has 1 fully saturated rings. The highest BCUT2D eigenvalue weighted by Crippen LogP contribution is 2.33. The van der Waals surface area contributed by atoms with Crippen molar-refractivity contribution in [3.63, 3.8) is 0 Å². The molecule has 0 saturated heterocycles. The van der Waals surface area contributed by atoms with Crippen LogP contribution in [0.15, 0.2) is 29.5 Å². The lowest BCUT2D eigenvalue weighted by atomic mass is 10.2. The topological polar surface area (TPSA) is 63.3 Å². The SMILES string of the molecule is N=NN(C(=N)C1CC1)c1ccccc1F. The summed E-state index contributed by atoms with van der Waals surface area (Å²) in [6.45, 7) is 0. The van der Waals surface area contributed by atoms with Gasteiger partial charge >= 0.3 is 0 Å². The molecule has 1 aromatic rings. The largest absolute Gasteiger partial charge is 0.286 e. The molecular formula is C10H11FN4. The van der Waals surface area contributed by atoms with E-state index in [1.54, 1.807) is 12.1 Å². The summed E-state index contributed by atoms with van der Waals surface area (Å²) in [5, 5.41) is 12.0. The average molecular weight is 206 g/mol. The predicted molar refractivity (Wildman–Crippen MR) is 54.5 cm³/mol. The molecule has 1 aliphatic carbocycles. The maximum Gasteiger partial charge on any atom is 0.148 e. The number of amidine groups is 1. The maximum atomic E-state index is 13.4. The van der Waals surface area contributed by atoms with Crippen molar-refractivity contribution in [1.82, 2.24) is 0 Å². The van der Waals surface area contributed by atoms with E-state index in [4.69, 9.17) is 10.9 Å². The van der Waals surface area contributed by atoms with Crippen molar-refractivity contribution in [1.29, 1.82) is 10.9 Å². The van der Waals surface area contributed by atoms with Crippen LogP contribution in [0.25, 0.3) is 0 Å². The number of halogens is 1. The Morgan fingerprint density at radius 3 is 2.60 bits per heavy atom. The molecule has 1 saturated carbocycles. The third kappa shape index (κ3) is 1.86. The van der Waals surface area contributed by atoms with Crippen molar-refractivity contribution in [3.8, 4) is 0 Å². The third-order valence-electron chi connectivity index (χ3n) is 2.37. The molecular weight excluding hydrogens is 195 g/mol. The van der Waals surface area contributed by atoms with Gasteiger partial charge in [0.05, 0.1) is 0 Å². The number of hydrogen-bond acceptors (Lipinski definition) is 3. The molecule has 1 aromatic carbocycles. The fourth-order valence-electron chi connectivity index (χ4n) is 1.39. The molecule has 0 atom stereocenters. The van der Waals surface area contributed by atoms with Gasteiger partial charge in [0.2, 0.25) is 0 Å². The van der Waals surface area contributed by atoms with Crippen LogP contribution in [0.4, 0.5) is 10.1 Å². The van der Waals surface area contributed by atoms with Crippen LogP contribution < -0.4 is 5.01 Å². The highest BCUT2D eigenvalue weighted by atomic mass is 19.1. The Labute approximate surface area is 86.7 Å². The van der Waals surface area contributed by atoms with Crippen LogP contribution in [0.5, 0.6) is 0 Å². The minimum Gasteiger partial charge on any atom is -0.286 e. The molecule has 0 unspecified atom stereocenters. The molecule has 0 amide bonds. The quantitative estimate of drug-likeness (QED) is 0.339. The summed E-state index contributed by atoms with van der Waals surface area (Å²) in [6.07, 6.45) is 1.86. The monoisotopic (exact) mass is 206 g/mol. The van der Waals surface area contributed by atoms with Gasteiger partial charge in [-0.2, -0.15) is 10.5 Å². The zero-order valence-electron chi connectivity index (χ0n) is 8.07. The van der Waals surface area contributed by atoms with Crippen LogP contribution in [0.1, 0.15) is 12.8 Å². The molecule has 2 rings (SSSR count). The second-order valence-electron chi connectivity index (χ2n) is 3.52. The first-order valence-electron chi connectivity index (χ1n) is 4.74. The number of nitrogens with one attached hydrogen (secondary N) is 2. The van der Waals surface area contributed by atoms with Crippen molar-refractivity contribution in [2.24, 2.45) is 11.1 Å². The van der Waals surface area contributed by atoms with Gasteiger partial charge in [0.25, 0.3) is 0 Å². The minimum atomic E-state index is -0.459. The van der Waals surface area contributed by atoms with E-state index < -0.39 is 5.82 Å². The summed E-state index contributed by atoms with van der Waals surface area (Å²) in [7, 11) is 0. The number of hydrogen-bond donors (Lipinski definition) is 2. The van der Waals surface area contributed by atoms with Crippen molar-refractivity contribution >= 4 is 11.5 Å². The van der Waals surface area contributed by atoms with Crippen molar-refractivity contribution in [2.45, 2.75) is 12.8 Å². The van der Waals surface area contributed by atoms with Crippen LogP contribution in [-0.2, 0) is 0 Å². The Bertz CT molecular complexity index is 400. The summed E-state index contributed by atoms with van der Waals surface area (Å²) in [5.41, 5.74) is 7.16. The van der Waals surface area contributed by atoms with Crippen molar-refractivity contribution < 1.29 is 4.39 Å². The van der Waals surface area contributed by atoms with E-state index >= 15 is 0 Å². The van der Waals surface area contributed by atoms with Gasteiger partial charge in [-0.05, 0) is 25.0 Å². The zero-order chi connectivity index (χ0) is 10.8. The van der Waals surface area contributed by atoms with Gasteiger partial charge in [-0.3, -0.25) is 5.41 Å². The fraction of sp³-hybridized carbons (Fsp3) is 0.300. The molecule has 0 radical (unpaired) electrons. The first-order chi connectivity index (χ1) is 7.24. The van der Waals surface area contributed by atoms with Crippen LogP contribution in [0.2, 0.25) is 0 Å². The smallest absolute Gasteiger partial charge is 0.148 e. The van der Waals surface area contributed by atoms with E-state index in [2.05, 4.69) is 5.22 Å². The molecule has 0 aliphatic heterocycles. The summed E-state index contributed by atoms with van der Waals surface area (Å²) in [6, 6.07) is 6.05. The van der Waals surface area contributed by atoms with Crippen LogP contribution >= 0.6 is 0 Å². The number of benzene rings is 1. The van der Waals surface area contributed by atoms with Gasteiger partial charge in [0.15, 0.2) is 0 Å². The average Bonchev–Trinajstić information content (AvgIpc) is 3.05. The highest BCUT2D eigenvalue weighted by Gasteiger charge is 2.31. The van der Waals surface area contributed by atoms with E-state index in [-0.39, 0.29) is 17.4 Å². The predicted octanol–water partition coefficient (Wildman–Crippen LogP) is 2.97. The van der Waals surface area contributed by atoms with Crippen LogP contribution in [0, 0.1) is 22.7 Å². The second kappa shape index (κ2) is 3.76. The summed E-state index contributed by atoms with van der Waals surface area (Å²) >= 11 is 0. The Kier molecular flexibility index (Phi) is 2.45. The second-order valence-corrected chi connectivity index (χ2v) is 3.52. The van der Waals surface area contributed by atoms with E-state index in [1.165, 1.54) is 12.1 Å². The lowest BCUT2D eigenvalue weighted by Crippen LogP contribution is -2.26. The van der Waals surface area contributed by atoms with Gasteiger partial charge in [0.1, 0.15) is 17.3 Å². The standard InChI is InChI=1S/C10H11FN4/c11-8-3-1-2-4-9(8)15(14-13)10(12)7-5-6-7/h1-4,7,12-13H,5-6H2. The first-order valence-corrected chi connectivity index (χ1v) is 4.74. The van der Waals surface area contributed by atoms with Gasteiger partial charge in [0, 0.05) is 5.92 Å². The maximum absolute atomic E-state index is 13.4. The number of para-hydroxylation sites is 1. The van der Waals surface area contributed by atoms with Crippen LogP contribution in [0.3, 0.4) is 0 Å². The number of nitrogens with zero attached hydrogens (tertiary/aromatic N) is 2. The van der Waals surface area contributed by atoms with Gasteiger partial charge in [-0.1, -0.05) is 17.4 Å². The van der Waals surface area contributed by atoms with Gasteiger partial charge < -0.3 is 0 Å². The molecule has 78 valence electrons. The third-order valence-corrected chi connectivity index (χ3v) is 2.37. The molecule has 0 spiro atoms. The van der Waals surface area contributed by atoms with Gasteiger partial charge in [-0.15, -0.1) is 0 Å². The first kappa shape index (κ1) is 9.76. The van der Waals surface area contributed by atoms with Crippen molar-refractivity contribution in [2.75, 3.05) is 5.01 Å². The molecule has 0 bridgehead atoms. The highest BCUT2D eigenvalue weighted by molar-refractivity contribution is 5.97. The number of anilines is 1. The normalized spacial score (nSPS) is 14.7. The van der Waals surface area contributed by atoms with E-state index in [1.807, 2.05) is 0 Å². The summed E-state index contributed by atoms with van der Waals surface area (Å²) in [4.78, 5) is 0. The van der Waals surface area contributed by atoms with E-state index in [0.29, 0.717) is 0 Å². The molecule has 2 N–H and O–H groups in total. The summed E-state index contributed by atoms with van der Waals surface area (Å²) in [5.74, 6) is -0.118. The van der Waals surface area contributed by atoms with E-state index in [0.717, 1.165) is 17.9 Å². The lowest BCUT2D eigenvalue weighted by molar-refractivity contribution is 0.624. The van der Waals surface area contributed by atoms with Gasteiger partial charge in [-0.25, -0.2) is 4.39 Å². The summed E-state index contributed by atoms with van der Waals surface area (Å²) < 4.78 is 13.4. The molecule has 0 aromatic heterocycles. The zero-order valence-corrected chi connectivity index (χ0v) is 8.07. The van der Waals surface area contributed by atoms with Crippen LogP contribution in [-0.4, -0.2) is 5.84 Å².